The number of likely N-dealkylation sites (tertiary alicyclic amines) is 1. The smallest absolute Gasteiger partial charge is 0.336 e. The summed E-state index contributed by atoms with van der Waals surface area (Å²) in [6.45, 7) is 8.54. The van der Waals surface area contributed by atoms with Crippen LogP contribution in [0.25, 0.3) is 0 Å². The number of benzene rings is 1. The lowest BCUT2D eigenvalue weighted by atomic mass is 9.96. The van der Waals surface area contributed by atoms with Gasteiger partial charge in [0.2, 0.25) is 6.79 Å². The molecule has 0 amide bonds. The highest BCUT2D eigenvalue weighted by atomic mass is 16.7. The number of fused-ring (bicyclic) bond motifs is 1. The minimum Gasteiger partial charge on any atom is -0.493 e. The Labute approximate surface area is 210 Å². The van der Waals surface area contributed by atoms with Crippen molar-refractivity contribution < 1.29 is 49.0 Å². The van der Waals surface area contributed by atoms with Crippen LogP contribution in [0.1, 0.15) is 44.6 Å². The molecule has 36 heavy (non-hydrogen) atoms. The molecule has 0 radical (unpaired) electrons. The van der Waals surface area contributed by atoms with Crippen LogP contribution in [-0.4, -0.2) is 100 Å². The van der Waals surface area contributed by atoms with Crippen LogP contribution in [0, 0.1) is 0 Å². The molecule has 0 atom stereocenters. The van der Waals surface area contributed by atoms with Crippen LogP contribution in [0.3, 0.4) is 0 Å². The molecule has 1 fully saturated rings. The Kier molecular flexibility index (Phi) is 11.2. The molecule has 0 spiro atoms. The molecule has 12 heteroatoms. The Balaban J connectivity index is 0.000000302. The number of carboxylic acid groups (broad SMARTS) is 3. The number of carbonyl (C=O) groups is 3. The molecule has 0 unspecified atom stereocenters. The van der Waals surface area contributed by atoms with Crippen LogP contribution in [0.5, 0.6) is 17.2 Å². The number of piperidine rings is 1. The molecule has 0 aliphatic carbocycles. The summed E-state index contributed by atoms with van der Waals surface area (Å²) in [6.07, 6.45) is 1.80. The Hall–Kier alpha value is -3.09. The summed E-state index contributed by atoms with van der Waals surface area (Å²) < 4.78 is 16.7. The van der Waals surface area contributed by atoms with Crippen molar-refractivity contribution in [1.29, 1.82) is 0 Å². The summed E-state index contributed by atoms with van der Waals surface area (Å²) in [5.41, 5.74) is -1.57. The molecule has 1 saturated heterocycles. The molecule has 3 rings (SSSR count). The molecule has 0 bridgehead atoms. The van der Waals surface area contributed by atoms with Gasteiger partial charge in [0.1, 0.15) is 5.75 Å². The van der Waals surface area contributed by atoms with Crippen LogP contribution in [0.2, 0.25) is 0 Å². The summed E-state index contributed by atoms with van der Waals surface area (Å²) in [4.78, 5) is 35.4. The van der Waals surface area contributed by atoms with Gasteiger partial charge in [0.25, 0.3) is 0 Å². The second-order valence-electron chi connectivity index (χ2n) is 8.86. The first-order valence-corrected chi connectivity index (χ1v) is 11.9. The predicted octanol–water partition coefficient (Wildman–Crippen LogP) is 1.48. The first-order chi connectivity index (χ1) is 17.0. The van der Waals surface area contributed by atoms with E-state index in [0.29, 0.717) is 13.4 Å². The number of ether oxygens (including phenoxy) is 3. The van der Waals surface area contributed by atoms with Crippen molar-refractivity contribution in [1.82, 2.24) is 9.80 Å². The summed E-state index contributed by atoms with van der Waals surface area (Å²) in [7, 11) is 2.17. The fraction of sp³-hybridized carbons (Fsp3) is 0.625. The van der Waals surface area contributed by atoms with Crippen molar-refractivity contribution in [2.75, 3.05) is 46.6 Å². The molecule has 2 heterocycles. The van der Waals surface area contributed by atoms with Gasteiger partial charge in [0.05, 0.1) is 19.4 Å². The zero-order valence-electron chi connectivity index (χ0n) is 20.8. The van der Waals surface area contributed by atoms with Crippen LogP contribution < -0.4 is 14.2 Å². The van der Waals surface area contributed by atoms with E-state index in [4.69, 9.17) is 34.6 Å². The van der Waals surface area contributed by atoms with Crippen LogP contribution >= 0.6 is 0 Å². The first-order valence-electron chi connectivity index (χ1n) is 11.9. The number of carboxylic acids is 3. The number of rotatable bonds is 12. The van der Waals surface area contributed by atoms with Crippen molar-refractivity contribution >= 4 is 17.9 Å². The maximum atomic E-state index is 10.3. The standard InChI is InChI=1S/C18H28N2O3.C6H8O7/c1-3-21-16-12-18-17(22-14-23-18)11-15(16)13-19(2)9-10-20-7-5-4-6-8-20;7-3(8)1-6(13,5(11)12)2-4(9)10/h11-12H,3-10,13-14H2,1-2H3;13H,1-2H2,(H,7,8)(H,9,10)(H,11,12). The number of likely N-dealkylation sites (N-methyl/N-ethyl adjacent to an activating group) is 1. The van der Waals surface area contributed by atoms with E-state index in [1.807, 2.05) is 13.0 Å². The van der Waals surface area contributed by atoms with E-state index in [1.165, 1.54) is 32.4 Å². The molecular weight excluding hydrogens is 476 g/mol. The van der Waals surface area contributed by atoms with Gasteiger partial charge in [0, 0.05) is 31.3 Å². The number of hydrogen-bond donors (Lipinski definition) is 4. The van der Waals surface area contributed by atoms with Gasteiger partial charge in [-0.05, 0) is 46.0 Å². The van der Waals surface area contributed by atoms with Gasteiger partial charge in [-0.25, -0.2) is 4.79 Å². The molecule has 202 valence electrons. The van der Waals surface area contributed by atoms with Crippen LogP contribution in [0.4, 0.5) is 0 Å². The third-order valence-electron chi connectivity index (χ3n) is 5.83. The second kappa shape index (κ2) is 13.9. The lowest BCUT2D eigenvalue weighted by molar-refractivity contribution is -0.170. The van der Waals surface area contributed by atoms with Crippen molar-refractivity contribution in [3.05, 3.63) is 17.7 Å². The van der Waals surface area contributed by atoms with E-state index in [-0.39, 0.29) is 0 Å². The van der Waals surface area contributed by atoms with E-state index >= 15 is 0 Å². The SMILES string of the molecule is CCOc1cc2c(cc1CN(C)CCN1CCCCC1)OCO2.O=C(O)CC(O)(CC(=O)O)C(=O)O. The predicted molar refractivity (Wildman–Crippen MR) is 127 cm³/mol. The lowest BCUT2D eigenvalue weighted by Gasteiger charge is -2.28. The maximum absolute atomic E-state index is 10.3. The first kappa shape index (κ1) is 29.1. The second-order valence-corrected chi connectivity index (χ2v) is 8.86. The van der Waals surface area contributed by atoms with Crippen molar-refractivity contribution in [3.8, 4) is 17.2 Å². The lowest BCUT2D eigenvalue weighted by Crippen LogP contribution is -2.42. The quantitative estimate of drug-likeness (QED) is 0.319. The summed E-state index contributed by atoms with van der Waals surface area (Å²) in [5, 5.41) is 33.8. The van der Waals surface area contributed by atoms with Crippen LogP contribution in [0.15, 0.2) is 12.1 Å². The van der Waals surface area contributed by atoms with Gasteiger partial charge in [-0.3, -0.25) is 9.59 Å². The third kappa shape index (κ3) is 9.17. The topological polar surface area (TPSA) is 166 Å². The molecule has 0 saturated carbocycles. The molecular formula is C24H36N2O10. The Morgan fingerprint density at radius 2 is 1.61 bits per heavy atom. The fourth-order valence-electron chi connectivity index (χ4n) is 3.96. The number of aliphatic hydroxyl groups is 1. The monoisotopic (exact) mass is 512 g/mol. The van der Waals surface area contributed by atoms with E-state index in [1.54, 1.807) is 0 Å². The van der Waals surface area contributed by atoms with Gasteiger partial charge >= 0.3 is 17.9 Å². The maximum Gasteiger partial charge on any atom is 0.336 e. The minimum atomic E-state index is -2.74. The molecule has 0 aromatic heterocycles. The molecule has 2 aliphatic rings. The Morgan fingerprint density at radius 1 is 1.03 bits per heavy atom. The molecule has 1 aromatic carbocycles. The average molecular weight is 513 g/mol. The third-order valence-corrected chi connectivity index (χ3v) is 5.83. The number of hydrogen-bond acceptors (Lipinski definition) is 9. The largest absolute Gasteiger partial charge is 0.493 e. The Morgan fingerprint density at radius 3 is 2.14 bits per heavy atom. The Bertz CT molecular complexity index is 885. The van der Waals surface area contributed by atoms with Gasteiger partial charge in [-0.15, -0.1) is 0 Å². The van der Waals surface area contributed by atoms with E-state index < -0.39 is 36.4 Å². The van der Waals surface area contributed by atoms with Gasteiger partial charge in [-0.2, -0.15) is 0 Å². The van der Waals surface area contributed by atoms with Gasteiger partial charge < -0.3 is 44.4 Å². The average Bonchev–Trinajstić information content (AvgIpc) is 3.25. The summed E-state index contributed by atoms with van der Waals surface area (Å²) >= 11 is 0. The normalized spacial score (nSPS) is 15.2. The number of nitrogens with zero attached hydrogens (tertiary/aromatic N) is 2. The highest BCUT2D eigenvalue weighted by Crippen LogP contribution is 2.38. The van der Waals surface area contributed by atoms with Gasteiger partial charge in [-0.1, -0.05) is 6.42 Å². The van der Waals surface area contributed by atoms with E-state index in [9.17, 15) is 14.4 Å². The minimum absolute atomic E-state index is 0.301. The van der Waals surface area contributed by atoms with Crippen molar-refractivity contribution in [3.63, 3.8) is 0 Å². The highest BCUT2D eigenvalue weighted by Gasteiger charge is 2.40. The molecule has 4 N–H and O–H groups in total. The van der Waals surface area contributed by atoms with E-state index in [0.717, 1.165) is 42.4 Å². The summed E-state index contributed by atoms with van der Waals surface area (Å²) in [5.74, 6) is -2.50. The van der Waals surface area contributed by atoms with E-state index in [2.05, 4.69) is 22.9 Å². The zero-order valence-corrected chi connectivity index (χ0v) is 20.8. The molecule has 12 nitrogen and oxygen atoms in total. The molecule has 2 aliphatic heterocycles. The molecule has 1 aromatic rings. The fourth-order valence-corrected chi connectivity index (χ4v) is 3.96. The van der Waals surface area contributed by atoms with Gasteiger partial charge in [0.15, 0.2) is 17.1 Å². The van der Waals surface area contributed by atoms with Crippen molar-refractivity contribution in [2.45, 2.75) is 51.2 Å². The summed E-state index contributed by atoms with van der Waals surface area (Å²) in [6, 6.07) is 4.02. The number of aliphatic carboxylic acids is 3. The van der Waals surface area contributed by atoms with Crippen LogP contribution in [-0.2, 0) is 20.9 Å². The highest BCUT2D eigenvalue weighted by molar-refractivity contribution is 5.88. The van der Waals surface area contributed by atoms with Crippen molar-refractivity contribution in [2.24, 2.45) is 0 Å². The zero-order chi connectivity index (χ0) is 26.7.